The number of carbonyl (C=O) groups is 1. The van der Waals surface area contributed by atoms with Crippen molar-refractivity contribution in [3.63, 3.8) is 0 Å². The summed E-state index contributed by atoms with van der Waals surface area (Å²) in [5, 5.41) is 9.99. The zero-order valence-electron chi connectivity index (χ0n) is 17.5. The number of pyridine rings is 1. The predicted molar refractivity (Wildman–Crippen MR) is 114 cm³/mol. The second-order valence-corrected chi connectivity index (χ2v) is 7.88. The molecule has 0 aliphatic carbocycles. The van der Waals surface area contributed by atoms with E-state index in [0.29, 0.717) is 44.7 Å². The third kappa shape index (κ3) is 4.03. The number of aromatic nitrogens is 3. The Bertz CT molecular complexity index is 1050. The molecule has 1 atom stereocenters. The number of hydrogen-bond donors (Lipinski definition) is 1. The molecule has 7 nitrogen and oxygen atoms in total. The lowest BCUT2D eigenvalue weighted by Crippen LogP contribution is -2.35. The monoisotopic (exact) mass is 408 g/mol. The maximum Gasteiger partial charge on any atom is 0.222 e. The standard InChI is InChI=1S/C23H28N4O3/c1-16(15-30-2)27-21(25-19-7-5-12-24-23(19)27)9-4-10-22(29)26-13-11-18-17(14-26)6-3-8-20(18)28/h3,5-8,12,16,28H,4,9-11,13-15H2,1-2H3/t16-/m0/s1. The molecule has 0 saturated carbocycles. The maximum atomic E-state index is 12.8. The molecule has 0 fully saturated rings. The smallest absolute Gasteiger partial charge is 0.222 e. The number of aryl methyl sites for hydroxylation is 1. The van der Waals surface area contributed by atoms with Crippen molar-refractivity contribution in [1.82, 2.24) is 19.4 Å². The average molecular weight is 409 g/mol. The third-order valence-electron chi connectivity index (χ3n) is 5.76. The van der Waals surface area contributed by atoms with Gasteiger partial charge in [-0.3, -0.25) is 4.79 Å². The number of benzene rings is 1. The van der Waals surface area contributed by atoms with Gasteiger partial charge in [-0.25, -0.2) is 9.97 Å². The minimum Gasteiger partial charge on any atom is -0.508 e. The normalized spacial score (nSPS) is 14.7. The fourth-order valence-electron chi connectivity index (χ4n) is 4.29. The number of nitrogens with zero attached hydrogens (tertiary/aromatic N) is 4. The number of phenolic OH excluding ortho intramolecular Hbond substituents is 1. The highest BCUT2D eigenvalue weighted by Crippen LogP contribution is 2.27. The van der Waals surface area contributed by atoms with Gasteiger partial charge in [0.2, 0.25) is 5.91 Å². The van der Waals surface area contributed by atoms with Gasteiger partial charge in [0.15, 0.2) is 5.65 Å². The number of amides is 1. The quantitative estimate of drug-likeness (QED) is 0.649. The first kappa shape index (κ1) is 20.3. The van der Waals surface area contributed by atoms with Crippen molar-refractivity contribution in [2.45, 2.75) is 45.2 Å². The highest BCUT2D eigenvalue weighted by Gasteiger charge is 2.23. The van der Waals surface area contributed by atoms with E-state index in [2.05, 4.69) is 16.5 Å². The van der Waals surface area contributed by atoms with Crippen LogP contribution in [-0.2, 0) is 28.9 Å². The van der Waals surface area contributed by atoms with Crippen molar-refractivity contribution in [3.05, 3.63) is 53.5 Å². The molecular weight excluding hydrogens is 380 g/mol. The van der Waals surface area contributed by atoms with Crippen molar-refractivity contribution in [3.8, 4) is 5.75 Å². The molecule has 0 unspecified atom stereocenters. The van der Waals surface area contributed by atoms with E-state index in [1.807, 2.05) is 29.2 Å². The van der Waals surface area contributed by atoms with Gasteiger partial charge in [-0.1, -0.05) is 12.1 Å². The highest BCUT2D eigenvalue weighted by molar-refractivity contribution is 5.76. The molecule has 4 rings (SSSR count). The Morgan fingerprint density at radius 3 is 3.00 bits per heavy atom. The van der Waals surface area contributed by atoms with E-state index >= 15 is 0 Å². The lowest BCUT2D eigenvalue weighted by molar-refractivity contribution is -0.132. The van der Waals surface area contributed by atoms with E-state index in [9.17, 15) is 9.90 Å². The molecule has 3 aromatic rings. The molecule has 158 valence electrons. The summed E-state index contributed by atoms with van der Waals surface area (Å²) in [5.74, 6) is 1.42. The molecule has 0 radical (unpaired) electrons. The van der Waals surface area contributed by atoms with Crippen LogP contribution >= 0.6 is 0 Å². The number of hydrogen-bond acceptors (Lipinski definition) is 5. The molecule has 7 heteroatoms. The summed E-state index contributed by atoms with van der Waals surface area (Å²) in [6.45, 7) is 3.88. The van der Waals surface area contributed by atoms with Crippen molar-refractivity contribution in [2.75, 3.05) is 20.3 Å². The van der Waals surface area contributed by atoms with Crippen molar-refractivity contribution < 1.29 is 14.6 Å². The average Bonchev–Trinajstić information content (AvgIpc) is 3.12. The number of ether oxygens (including phenoxy) is 1. The number of phenols is 1. The van der Waals surface area contributed by atoms with Crippen LogP contribution in [0.3, 0.4) is 0 Å². The molecule has 30 heavy (non-hydrogen) atoms. The lowest BCUT2D eigenvalue weighted by atomic mass is 9.98. The molecule has 3 heterocycles. The fraction of sp³-hybridized carbons (Fsp3) is 0.435. The van der Waals surface area contributed by atoms with Crippen LogP contribution in [0.2, 0.25) is 0 Å². The zero-order valence-corrected chi connectivity index (χ0v) is 17.5. The number of fused-ring (bicyclic) bond motifs is 2. The van der Waals surface area contributed by atoms with Gasteiger partial charge in [0.05, 0.1) is 12.6 Å². The van der Waals surface area contributed by atoms with Crippen LogP contribution in [-0.4, -0.2) is 50.7 Å². The second kappa shape index (κ2) is 8.83. The number of aromatic hydroxyl groups is 1. The van der Waals surface area contributed by atoms with Crippen molar-refractivity contribution in [2.24, 2.45) is 0 Å². The molecule has 1 aliphatic rings. The first-order chi connectivity index (χ1) is 14.6. The van der Waals surface area contributed by atoms with Crippen LogP contribution < -0.4 is 0 Å². The molecule has 0 spiro atoms. The van der Waals surface area contributed by atoms with Gasteiger partial charge >= 0.3 is 0 Å². The molecule has 0 saturated heterocycles. The first-order valence-electron chi connectivity index (χ1n) is 10.5. The van der Waals surface area contributed by atoms with Crippen LogP contribution in [0.4, 0.5) is 0 Å². The van der Waals surface area contributed by atoms with Crippen molar-refractivity contribution in [1.29, 1.82) is 0 Å². The Morgan fingerprint density at radius 1 is 1.30 bits per heavy atom. The summed E-state index contributed by atoms with van der Waals surface area (Å²) in [6, 6.07) is 9.50. The molecule has 2 aromatic heterocycles. The van der Waals surface area contributed by atoms with Crippen LogP contribution in [0.1, 0.15) is 42.8 Å². The summed E-state index contributed by atoms with van der Waals surface area (Å²) in [6.07, 6.45) is 4.39. The van der Waals surface area contributed by atoms with E-state index in [-0.39, 0.29) is 11.9 Å². The molecule has 1 aliphatic heterocycles. The van der Waals surface area contributed by atoms with Gasteiger partial charge in [-0.05, 0) is 43.5 Å². The maximum absolute atomic E-state index is 12.8. The summed E-state index contributed by atoms with van der Waals surface area (Å²) < 4.78 is 7.46. The highest BCUT2D eigenvalue weighted by atomic mass is 16.5. The minimum absolute atomic E-state index is 0.117. The predicted octanol–water partition coefficient (Wildman–Crippen LogP) is 3.25. The Labute approximate surface area is 176 Å². The van der Waals surface area contributed by atoms with Gasteiger partial charge in [-0.2, -0.15) is 0 Å². The van der Waals surface area contributed by atoms with Crippen LogP contribution in [0.25, 0.3) is 11.2 Å². The molecular formula is C23H28N4O3. The number of rotatable bonds is 7. The molecule has 0 bridgehead atoms. The number of imidazole rings is 1. The number of carbonyl (C=O) groups excluding carboxylic acids is 1. The molecule has 1 aromatic carbocycles. The van der Waals surface area contributed by atoms with E-state index in [0.717, 1.165) is 34.5 Å². The Hall–Kier alpha value is -2.93. The van der Waals surface area contributed by atoms with Crippen LogP contribution in [0.15, 0.2) is 36.5 Å². The topological polar surface area (TPSA) is 80.5 Å². The van der Waals surface area contributed by atoms with E-state index in [1.165, 1.54) is 0 Å². The van der Waals surface area contributed by atoms with Gasteiger partial charge in [0, 0.05) is 44.8 Å². The SMILES string of the molecule is COC[C@H](C)n1c(CCCC(=O)N2CCc3c(O)cccc3C2)nc2cccnc21. The van der Waals surface area contributed by atoms with Crippen LogP contribution in [0.5, 0.6) is 5.75 Å². The van der Waals surface area contributed by atoms with Gasteiger partial charge in [0.25, 0.3) is 0 Å². The minimum atomic E-state index is 0.117. The van der Waals surface area contributed by atoms with Gasteiger partial charge in [-0.15, -0.1) is 0 Å². The van der Waals surface area contributed by atoms with E-state index < -0.39 is 0 Å². The van der Waals surface area contributed by atoms with Crippen molar-refractivity contribution >= 4 is 17.1 Å². The molecule has 1 amide bonds. The Balaban J connectivity index is 1.41. The van der Waals surface area contributed by atoms with E-state index in [1.54, 1.807) is 19.4 Å². The third-order valence-corrected chi connectivity index (χ3v) is 5.76. The number of methoxy groups -OCH3 is 1. The molecule has 1 N–H and O–H groups in total. The Kier molecular flexibility index (Phi) is 5.99. The second-order valence-electron chi connectivity index (χ2n) is 7.88. The lowest BCUT2D eigenvalue weighted by Gasteiger charge is -2.29. The summed E-state index contributed by atoms with van der Waals surface area (Å²) in [7, 11) is 1.69. The largest absolute Gasteiger partial charge is 0.508 e. The van der Waals surface area contributed by atoms with Crippen LogP contribution in [0, 0.1) is 0 Å². The fourth-order valence-corrected chi connectivity index (χ4v) is 4.29. The zero-order chi connectivity index (χ0) is 21.1. The van der Waals surface area contributed by atoms with Gasteiger partial charge < -0.3 is 19.3 Å². The first-order valence-corrected chi connectivity index (χ1v) is 10.5. The summed E-state index contributed by atoms with van der Waals surface area (Å²) in [4.78, 5) is 23.9. The van der Waals surface area contributed by atoms with E-state index in [4.69, 9.17) is 9.72 Å². The van der Waals surface area contributed by atoms with Gasteiger partial charge in [0.1, 0.15) is 17.1 Å². The Morgan fingerprint density at radius 2 is 2.17 bits per heavy atom. The summed E-state index contributed by atoms with van der Waals surface area (Å²) in [5.41, 5.74) is 3.73. The summed E-state index contributed by atoms with van der Waals surface area (Å²) >= 11 is 0.